The minimum atomic E-state index is 0.107. The van der Waals surface area contributed by atoms with Crippen molar-refractivity contribution in [2.75, 3.05) is 0 Å². The fourth-order valence-corrected chi connectivity index (χ4v) is 8.39. The van der Waals surface area contributed by atoms with Crippen LogP contribution < -0.4 is 0 Å². The Hall–Kier alpha value is -2.08. The standard InChI is InChI=1S/C41H60/c1-9-15-21-33-27-35-29(17-11-3)23-25-31(19-13-5)37(35)39(33)41(7,8)40-34(22-16-10-2)28-36-30(18-12-4)24-26-32(20-14-6)38(36)40/h23-28,39-40H,9-22H2,1-8H3. The lowest BCUT2D eigenvalue weighted by Gasteiger charge is -2.43. The summed E-state index contributed by atoms with van der Waals surface area (Å²) in [6.07, 6.45) is 22.6. The van der Waals surface area contributed by atoms with Gasteiger partial charge in [0.05, 0.1) is 0 Å². The van der Waals surface area contributed by atoms with E-state index in [9.17, 15) is 0 Å². The molecule has 0 heteroatoms. The number of fused-ring (bicyclic) bond motifs is 2. The minimum absolute atomic E-state index is 0.107. The van der Waals surface area contributed by atoms with Crippen molar-refractivity contribution in [3.63, 3.8) is 0 Å². The summed E-state index contributed by atoms with van der Waals surface area (Å²) in [6.45, 7) is 19.4. The molecule has 224 valence electrons. The second-order valence-electron chi connectivity index (χ2n) is 13.8. The molecule has 0 aliphatic heterocycles. The lowest BCUT2D eigenvalue weighted by atomic mass is 9.60. The maximum atomic E-state index is 2.69. The summed E-state index contributed by atoms with van der Waals surface area (Å²) >= 11 is 0. The van der Waals surface area contributed by atoms with Crippen LogP contribution in [0.15, 0.2) is 35.4 Å². The molecule has 0 heterocycles. The van der Waals surface area contributed by atoms with Gasteiger partial charge >= 0.3 is 0 Å². The number of unbranched alkanes of at least 4 members (excludes halogenated alkanes) is 2. The summed E-state index contributed by atoms with van der Waals surface area (Å²) < 4.78 is 0. The average Bonchev–Trinajstić information content (AvgIpc) is 3.55. The van der Waals surface area contributed by atoms with Crippen LogP contribution in [0.25, 0.3) is 12.2 Å². The van der Waals surface area contributed by atoms with Gasteiger partial charge in [-0.25, -0.2) is 0 Å². The first-order valence-corrected chi connectivity index (χ1v) is 17.6. The van der Waals surface area contributed by atoms with Gasteiger partial charge in [-0.05, 0) is 101 Å². The van der Waals surface area contributed by atoms with Crippen LogP contribution in [0.2, 0.25) is 0 Å². The average molecular weight is 553 g/mol. The van der Waals surface area contributed by atoms with Crippen molar-refractivity contribution < 1.29 is 0 Å². The van der Waals surface area contributed by atoms with E-state index in [1.807, 2.05) is 0 Å². The maximum absolute atomic E-state index is 2.69. The minimum Gasteiger partial charge on any atom is -0.0654 e. The molecule has 0 bridgehead atoms. The smallest absolute Gasteiger partial charge is 0.0120 e. The molecule has 2 aromatic carbocycles. The van der Waals surface area contributed by atoms with Gasteiger partial charge in [-0.3, -0.25) is 0 Å². The number of hydrogen-bond donors (Lipinski definition) is 0. The Bertz CT molecular complexity index is 1140. The van der Waals surface area contributed by atoms with E-state index >= 15 is 0 Å². The maximum Gasteiger partial charge on any atom is 0.0120 e. The molecule has 0 radical (unpaired) electrons. The van der Waals surface area contributed by atoms with Crippen molar-refractivity contribution in [3.05, 3.63) is 79.9 Å². The van der Waals surface area contributed by atoms with Crippen LogP contribution in [0, 0.1) is 5.41 Å². The van der Waals surface area contributed by atoms with Gasteiger partial charge in [0.15, 0.2) is 0 Å². The fourth-order valence-electron chi connectivity index (χ4n) is 8.39. The molecule has 0 spiro atoms. The number of benzene rings is 2. The highest BCUT2D eigenvalue weighted by Gasteiger charge is 2.48. The monoisotopic (exact) mass is 552 g/mol. The van der Waals surface area contributed by atoms with Crippen molar-refractivity contribution in [1.29, 1.82) is 0 Å². The number of allylic oxidation sites excluding steroid dienone is 2. The zero-order valence-electron chi connectivity index (χ0n) is 28.0. The van der Waals surface area contributed by atoms with Crippen LogP contribution >= 0.6 is 0 Å². The molecular weight excluding hydrogens is 492 g/mol. The van der Waals surface area contributed by atoms with E-state index in [2.05, 4.69) is 91.8 Å². The second-order valence-corrected chi connectivity index (χ2v) is 13.8. The summed E-state index contributed by atoms with van der Waals surface area (Å²) in [5.41, 5.74) is 16.6. The molecule has 2 aliphatic rings. The van der Waals surface area contributed by atoms with E-state index in [1.165, 1.54) is 89.9 Å². The molecule has 2 atom stereocenters. The van der Waals surface area contributed by atoms with Gasteiger partial charge < -0.3 is 0 Å². The number of aryl methyl sites for hydroxylation is 4. The number of rotatable bonds is 16. The van der Waals surface area contributed by atoms with Gasteiger partial charge in [0, 0.05) is 11.8 Å². The predicted octanol–water partition coefficient (Wildman–Crippen LogP) is 12.6. The Morgan fingerprint density at radius 2 is 0.805 bits per heavy atom. The fraction of sp³-hybridized carbons (Fsp3) is 0.610. The molecule has 0 N–H and O–H groups in total. The highest BCUT2D eigenvalue weighted by atomic mass is 14.5. The van der Waals surface area contributed by atoms with Crippen molar-refractivity contribution in [1.82, 2.24) is 0 Å². The van der Waals surface area contributed by atoms with Crippen molar-refractivity contribution in [2.45, 2.75) is 157 Å². The lowest BCUT2D eigenvalue weighted by molar-refractivity contribution is 0.265. The highest BCUT2D eigenvalue weighted by Crippen LogP contribution is 2.61. The summed E-state index contributed by atoms with van der Waals surface area (Å²) in [5.74, 6) is 0.986. The predicted molar refractivity (Wildman–Crippen MR) is 183 cm³/mol. The third-order valence-electron chi connectivity index (χ3n) is 10.1. The van der Waals surface area contributed by atoms with Crippen LogP contribution in [-0.2, 0) is 25.7 Å². The van der Waals surface area contributed by atoms with Crippen LogP contribution in [0.5, 0.6) is 0 Å². The van der Waals surface area contributed by atoms with Crippen molar-refractivity contribution in [2.24, 2.45) is 5.41 Å². The van der Waals surface area contributed by atoms with E-state index in [4.69, 9.17) is 0 Å². The van der Waals surface area contributed by atoms with E-state index in [-0.39, 0.29) is 5.41 Å². The molecule has 0 fully saturated rings. The Morgan fingerprint density at radius 1 is 0.463 bits per heavy atom. The zero-order valence-corrected chi connectivity index (χ0v) is 28.0. The third-order valence-corrected chi connectivity index (χ3v) is 10.1. The first kappa shape index (κ1) is 31.8. The molecule has 2 unspecified atom stereocenters. The van der Waals surface area contributed by atoms with Gasteiger partial charge in [-0.1, -0.05) is 141 Å². The van der Waals surface area contributed by atoms with E-state index in [0.29, 0.717) is 11.8 Å². The first-order chi connectivity index (χ1) is 19.9. The normalized spacial score (nSPS) is 18.0. The second kappa shape index (κ2) is 14.4. The van der Waals surface area contributed by atoms with E-state index in [1.54, 1.807) is 55.7 Å². The van der Waals surface area contributed by atoms with Crippen molar-refractivity contribution in [3.8, 4) is 0 Å². The summed E-state index contributed by atoms with van der Waals surface area (Å²) in [4.78, 5) is 0. The van der Waals surface area contributed by atoms with Crippen LogP contribution in [0.4, 0.5) is 0 Å². The summed E-state index contributed by atoms with van der Waals surface area (Å²) in [6, 6.07) is 9.99. The topological polar surface area (TPSA) is 0 Å². The SMILES string of the molecule is CCCCC1=Cc2c(CCC)ccc(CCC)c2C1C(C)(C)C1C(CCCC)=Cc2c(CCC)ccc(CCC)c21. The van der Waals surface area contributed by atoms with Crippen LogP contribution in [0.3, 0.4) is 0 Å². The molecule has 41 heavy (non-hydrogen) atoms. The Kier molecular flexibility index (Phi) is 11.2. The van der Waals surface area contributed by atoms with E-state index in [0.717, 1.165) is 0 Å². The Labute approximate surface area is 254 Å². The lowest BCUT2D eigenvalue weighted by Crippen LogP contribution is -2.32. The van der Waals surface area contributed by atoms with Gasteiger partial charge in [0.2, 0.25) is 0 Å². The Morgan fingerprint density at radius 3 is 1.15 bits per heavy atom. The molecule has 0 nitrogen and oxygen atoms in total. The quantitative estimate of drug-likeness (QED) is 0.194. The molecule has 0 amide bonds. The summed E-state index contributed by atoms with van der Waals surface area (Å²) in [5, 5.41) is 0. The molecule has 0 saturated carbocycles. The molecule has 0 aromatic heterocycles. The van der Waals surface area contributed by atoms with Gasteiger partial charge in [-0.15, -0.1) is 0 Å². The van der Waals surface area contributed by atoms with Crippen molar-refractivity contribution >= 4 is 12.2 Å². The highest BCUT2D eigenvalue weighted by molar-refractivity contribution is 5.75. The van der Waals surface area contributed by atoms with Crippen LogP contribution in [-0.4, -0.2) is 0 Å². The molecule has 0 saturated heterocycles. The number of hydrogen-bond acceptors (Lipinski definition) is 0. The van der Waals surface area contributed by atoms with Gasteiger partial charge in [0.1, 0.15) is 0 Å². The van der Waals surface area contributed by atoms with Crippen LogP contribution in [0.1, 0.15) is 176 Å². The molecule has 4 rings (SSSR count). The molecular formula is C41H60. The van der Waals surface area contributed by atoms with Gasteiger partial charge in [0.25, 0.3) is 0 Å². The van der Waals surface area contributed by atoms with Gasteiger partial charge in [-0.2, -0.15) is 0 Å². The summed E-state index contributed by atoms with van der Waals surface area (Å²) in [7, 11) is 0. The largest absolute Gasteiger partial charge is 0.0654 e. The Balaban J connectivity index is 1.96. The molecule has 2 aliphatic carbocycles. The zero-order chi connectivity index (χ0) is 29.6. The van der Waals surface area contributed by atoms with E-state index < -0.39 is 0 Å². The first-order valence-electron chi connectivity index (χ1n) is 17.6. The molecule has 2 aromatic rings. The third kappa shape index (κ3) is 6.33.